The monoisotopic (exact) mass is 287 g/mol. The molecule has 0 aromatic heterocycles. The molecule has 3 rings (SSSR count). The van der Waals surface area contributed by atoms with Gasteiger partial charge in [-0.15, -0.1) is 0 Å². The molecule has 0 saturated carbocycles. The lowest BCUT2D eigenvalue weighted by Gasteiger charge is -2.14. The van der Waals surface area contributed by atoms with Gasteiger partial charge in [-0.2, -0.15) is 0 Å². The highest BCUT2D eigenvalue weighted by Crippen LogP contribution is 2.29. The molecule has 20 heavy (non-hydrogen) atoms. The van der Waals surface area contributed by atoms with E-state index < -0.39 is 0 Å². The summed E-state index contributed by atoms with van der Waals surface area (Å²) in [4.78, 5) is 0.409. The van der Waals surface area contributed by atoms with Crippen LogP contribution in [0.5, 0.6) is 5.75 Å². The van der Waals surface area contributed by atoms with Crippen molar-refractivity contribution in [2.75, 3.05) is 13.2 Å². The second-order valence-electron chi connectivity index (χ2n) is 4.97. The molecule has 1 atom stereocenters. The maximum absolute atomic E-state index is 5.93. The Morgan fingerprint density at radius 3 is 2.75 bits per heavy atom. The number of ether oxygens (including phenoxy) is 2. The number of benzene rings is 2. The first-order chi connectivity index (χ1) is 9.75. The van der Waals surface area contributed by atoms with E-state index in [0.717, 1.165) is 41.5 Å². The van der Waals surface area contributed by atoms with Crippen LogP contribution in [0.3, 0.4) is 0 Å². The van der Waals surface area contributed by atoms with E-state index in [-0.39, 0.29) is 6.10 Å². The smallest absolute Gasteiger partial charge is 0.127 e. The Morgan fingerprint density at radius 1 is 1.25 bits per heavy atom. The Labute approximate surface area is 123 Å². The van der Waals surface area contributed by atoms with Gasteiger partial charge in [0.1, 0.15) is 17.3 Å². The molecule has 4 heteroatoms. The van der Waals surface area contributed by atoms with Crippen molar-refractivity contribution in [2.24, 2.45) is 5.73 Å². The van der Waals surface area contributed by atoms with Crippen LogP contribution in [0.2, 0.25) is 0 Å². The third kappa shape index (κ3) is 2.62. The molecule has 3 nitrogen and oxygen atoms in total. The lowest BCUT2D eigenvalue weighted by atomic mass is 10.0. The molecule has 0 radical (unpaired) electrons. The maximum Gasteiger partial charge on any atom is 0.127 e. The van der Waals surface area contributed by atoms with Crippen LogP contribution in [0, 0.1) is 0 Å². The predicted octanol–water partition coefficient (Wildman–Crippen LogP) is 3.03. The molecule has 0 bridgehead atoms. The van der Waals surface area contributed by atoms with Gasteiger partial charge >= 0.3 is 0 Å². The average molecular weight is 287 g/mol. The summed E-state index contributed by atoms with van der Waals surface area (Å²) in [5.74, 6) is 0.858. The molecule has 2 aromatic rings. The summed E-state index contributed by atoms with van der Waals surface area (Å²) in [7, 11) is 0. The van der Waals surface area contributed by atoms with E-state index in [9.17, 15) is 0 Å². The molecule has 1 fully saturated rings. The molecule has 1 heterocycles. The highest BCUT2D eigenvalue weighted by molar-refractivity contribution is 7.80. The molecule has 0 aliphatic carbocycles. The van der Waals surface area contributed by atoms with Crippen LogP contribution < -0.4 is 10.5 Å². The number of nitrogens with two attached hydrogens (primary N) is 1. The molecule has 1 unspecified atom stereocenters. The second kappa shape index (κ2) is 5.77. The van der Waals surface area contributed by atoms with Crippen LogP contribution in [0.25, 0.3) is 10.8 Å². The molecule has 2 aromatic carbocycles. The van der Waals surface area contributed by atoms with E-state index in [4.69, 9.17) is 27.4 Å². The van der Waals surface area contributed by atoms with Crippen molar-refractivity contribution in [1.29, 1.82) is 0 Å². The minimum atomic E-state index is 0.212. The molecule has 1 aliphatic rings. The fourth-order valence-electron chi connectivity index (χ4n) is 2.57. The first-order valence-corrected chi connectivity index (χ1v) is 7.22. The largest absolute Gasteiger partial charge is 0.490 e. The van der Waals surface area contributed by atoms with Crippen molar-refractivity contribution in [3.05, 3.63) is 42.0 Å². The fraction of sp³-hybridized carbons (Fsp3) is 0.312. The zero-order valence-corrected chi connectivity index (χ0v) is 12.0. The molecule has 1 aliphatic heterocycles. The topological polar surface area (TPSA) is 44.5 Å². The van der Waals surface area contributed by atoms with E-state index in [2.05, 4.69) is 0 Å². The van der Waals surface area contributed by atoms with E-state index in [0.29, 0.717) is 11.6 Å². The van der Waals surface area contributed by atoms with E-state index in [1.165, 1.54) is 0 Å². The van der Waals surface area contributed by atoms with Crippen LogP contribution >= 0.6 is 12.2 Å². The molecule has 0 spiro atoms. The highest BCUT2D eigenvalue weighted by Gasteiger charge is 2.17. The molecular weight excluding hydrogens is 270 g/mol. The van der Waals surface area contributed by atoms with Crippen molar-refractivity contribution in [3.63, 3.8) is 0 Å². The SMILES string of the molecule is NC(=S)c1ccc(OCC2CCCO2)c2ccccc12. The van der Waals surface area contributed by atoms with Gasteiger partial charge in [-0.25, -0.2) is 0 Å². The van der Waals surface area contributed by atoms with Gasteiger partial charge in [0, 0.05) is 17.6 Å². The van der Waals surface area contributed by atoms with Gasteiger partial charge in [-0.05, 0) is 30.4 Å². The third-order valence-electron chi connectivity index (χ3n) is 3.60. The van der Waals surface area contributed by atoms with Crippen molar-refractivity contribution >= 4 is 28.0 Å². The van der Waals surface area contributed by atoms with E-state index >= 15 is 0 Å². The van der Waals surface area contributed by atoms with Crippen LogP contribution in [-0.4, -0.2) is 24.3 Å². The van der Waals surface area contributed by atoms with Crippen molar-refractivity contribution in [3.8, 4) is 5.75 Å². The number of fused-ring (bicyclic) bond motifs is 1. The van der Waals surface area contributed by atoms with Crippen LogP contribution in [0.4, 0.5) is 0 Å². The van der Waals surface area contributed by atoms with Crippen LogP contribution in [0.1, 0.15) is 18.4 Å². The summed E-state index contributed by atoms with van der Waals surface area (Å²) in [6, 6.07) is 11.9. The quantitative estimate of drug-likeness (QED) is 0.878. The minimum absolute atomic E-state index is 0.212. The summed E-state index contributed by atoms with van der Waals surface area (Å²) >= 11 is 5.10. The summed E-state index contributed by atoms with van der Waals surface area (Å²) in [6.45, 7) is 1.44. The lowest BCUT2D eigenvalue weighted by Crippen LogP contribution is -2.16. The first kappa shape index (κ1) is 13.3. The molecule has 1 saturated heterocycles. The number of thiocarbonyl (C=S) groups is 1. The Kier molecular flexibility index (Phi) is 3.85. The maximum atomic E-state index is 5.93. The summed E-state index contributed by atoms with van der Waals surface area (Å²) in [6.07, 6.45) is 2.40. The second-order valence-corrected chi connectivity index (χ2v) is 5.41. The van der Waals surface area contributed by atoms with Gasteiger partial charge in [0.05, 0.1) is 6.10 Å². The van der Waals surface area contributed by atoms with Gasteiger partial charge in [-0.1, -0.05) is 36.5 Å². The van der Waals surface area contributed by atoms with Gasteiger partial charge < -0.3 is 15.2 Å². The third-order valence-corrected chi connectivity index (χ3v) is 3.82. The van der Waals surface area contributed by atoms with Crippen molar-refractivity contribution in [1.82, 2.24) is 0 Å². The Bertz CT molecular complexity index is 635. The fourth-order valence-corrected chi connectivity index (χ4v) is 2.75. The number of hydrogen-bond acceptors (Lipinski definition) is 3. The van der Waals surface area contributed by atoms with E-state index in [1.54, 1.807) is 0 Å². The summed E-state index contributed by atoms with van der Waals surface area (Å²) in [5.41, 5.74) is 6.66. The molecule has 0 amide bonds. The van der Waals surface area contributed by atoms with Gasteiger partial charge in [0.25, 0.3) is 0 Å². The van der Waals surface area contributed by atoms with Crippen molar-refractivity contribution < 1.29 is 9.47 Å². The first-order valence-electron chi connectivity index (χ1n) is 6.81. The predicted molar refractivity (Wildman–Crippen MR) is 84.3 cm³/mol. The summed E-state index contributed by atoms with van der Waals surface area (Å²) < 4.78 is 11.5. The Balaban J connectivity index is 1.91. The molecule has 2 N–H and O–H groups in total. The molecule has 104 valence electrons. The summed E-state index contributed by atoms with van der Waals surface area (Å²) in [5, 5.41) is 2.07. The standard InChI is InChI=1S/C16H17NO2S/c17-16(20)14-7-8-15(13-6-2-1-5-12(13)14)19-10-11-4-3-9-18-11/h1-2,5-8,11H,3-4,9-10H2,(H2,17,20). The average Bonchev–Trinajstić information content (AvgIpc) is 2.97. The normalized spacial score (nSPS) is 18.3. The van der Waals surface area contributed by atoms with Gasteiger partial charge in [-0.3, -0.25) is 0 Å². The van der Waals surface area contributed by atoms with Crippen molar-refractivity contribution in [2.45, 2.75) is 18.9 Å². The Morgan fingerprint density at radius 2 is 2.05 bits per heavy atom. The minimum Gasteiger partial charge on any atom is -0.490 e. The highest BCUT2D eigenvalue weighted by atomic mass is 32.1. The van der Waals surface area contributed by atoms with Crippen LogP contribution in [-0.2, 0) is 4.74 Å². The lowest BCUT2D eigenvalue weighted by molar-refractivity contribution is 0.0685. The van der Waals surface area contributed by atoms with E-state index in [1.807, 2.05) is 36.4 Å². The van der Waals surface area contributed by atoms with Gasteiger partial charge in [0.15, 0.2) is 0 Å². The Hall–Kier alpha value is -1.65. The van der Waals surface area contributed by atoms with Crippen LogP contribution in [0.15, 0.2) is 36.4 Å². The van der Waals surface area contributed by atoms with Gasteiger partial charge in [0.2, 0.25) is 0 Å². The zero-order chi connectivity index (χ0) is 13.9. The number of hydrogen-bond donors (Lipinski definition) is 1. The zero-order valence-electron chi connectivity index (χ0n) is 11.2. The number of rotatable bonds is 4. The molecular formula is C16H17NO2S.